The third kappa shape index (κ3) is 6.41. The van der Waals surface area contributed by atoms with Crippen molar-refractivity contribution >= 4 is 8.80 Å². The topological polar surface area (TPSA) is 36.9 Å². The lowest BCUT2D eigenvalue weighted by Crippen LogP contribution is -2.48. The van der Waals surface area contributed by atoms with Gasteiger partial charge in [0, 0.05) is 25.4 Å². The van der Waals surface area contributed by atoms with Gasteiger partial charge in [-0.05, 0) is 40.5 Å². The summed E-state index contributed by atoms with van der Waals surface area (Å²) in [5, 5.41) is 0. The van der Waals surface area contributed by atoms with E-state index in [4.69, 9.17) is 18.0 Å². The number of hydrogen-bond donors (Lipinski definition) is 0. The van der Waals surface area contributed by atoms with Crippen molar-refractivity contribution in [2.24, 2.45) is 0 Å². The summed E-state index contributed by atoms with van der Waals surface area (Å²) in [6.45, 7) is 7.14. The van der Waals surface area contributed by atoms with E-state index in [-0.39, 0.29) is 25.2 Å². The van der Waals surface area contributed by atoms with Gasteiger partial charge in [-0.15, -0.1) is 0 Å². The Bertz CT molecular complexity index is 589. The SMILES string of the molecule is CO[Si](CCCCOc1c(F)c(F)c(F)c(F)c1F)(OC(C)C)OC(C)C. The number of ether oxygens (including phenoxy) is 1. The number of benzene rings is 1. The number of halogens is 5. The largest absolute Gasteiger partial charge is 0.501 e. The van der Waals surface area contributed by atoms with E-state index in [1.165, 1.54) is 7.11 Å². The van der Waals surface area contributed by atoms with E-state index in [0.29, 0.717) is 12.5 Å². The maximum atomic E-state index is 13.5. The molecular weight excluding hydrogens is 391 g/mol. The van der Waals surface area contributed by atoms with E-state index in [9.17, 15) is 22.0 Å². The maximum absolute atomic E-state index is 13.5. The van der Waals surface area contributed by atoms with Crippen LogP contribution in [0.25, 0.3) is 0 Å². The molecule has 0 saturated heterocycles. The van der Waals surface area contributed by atoms with E-state index in [1.807, 2.05) is 27.7 Å². The lowest BCUT2D eigenvalue weighted by atomic mass is 10.2. The van der Waals surface area contributed by atoms with Crippen LogP contribution in [0.4, 0.5) is 22.0 Å². The standard InChI is InChI=1S/C17H25F5O4Si/c1-10(2)25-27(23-5,26-11(3)4)9-7-6-8-24-17-15(21)13(19)12(18)14(20)16(17)22/h10-11H,6-9H2,1-5H3. The fraction of sp³-hybridized carbons (Fsp3) is 0.647. The van der Waals surface area contributed by atoms with Crippen molar-refractivity contribution in [1.29, 1.82) is 0 Å². The first-order valence-electron chi connectivity index (χ1n) is 8.59. The molecule has 1 rings (SSSR count). The van der Waals surface area contributed by atoms with E-state index in [2.05, 4.69) is 0 Å². The van der Waals surface area contributed by atoms with Crippen LogP contribution in [0.5, 0.6) is 5.75 Å². The molecule has 0 fully saturated rings. The molecule has 27 heavy (non-hydrogen) atoms. The van der Waals surface area contributed by atoms with Gasteiger partial charge >= 0.3 is 8.80 Å². The van der Waals surface area contributed by atoms with Crippen molar-refractivity contribution in [3.63, 3.8) is 0 Å². The van der Waals surface area contributed by atoms with Gasteiger partial charge in [-0.25, -0.2) is 13.2 Å². The lowest BCUT2D eigenvalue weighted by molar-refractivity contribution is 0.0321. The Morgan fingerprint density at radius 1 is 0.741 bits per heavy atom. The summed E-state index contributed by atoms with van der Waals surface area (Å²) in [4.78, 5) is 0. The smallest absolute Gasteiger partial charge is 0.487 e. The molecule has 0 heterocycles. The van der Waals surface area contributed by atoms with Gasteiger partial charge in [0.15, 0.2) is 5.75 Å². The first-order chi connectivity index (χ1) is 12.5. The van der Waals surface area contributed by atoms with Gasteiger partial charge in [-0.3, -0.25) is 0 Å². The van der Waals surface area contributed by atoms with E-state index in [1.54, 1.807) is 0 Å². The third-order valence-corrected chi connectivity index (χ3v) is 6.68. The molecule has 0 atom stereocenters. The van der Waals surface area contributed by atoms with Gasteiger partial charge in [-0.2, -0.15) is 8.78 Å². The Hall–Kier alpha value is -1.23. The fourth-order valence-electron chi connectivity index (χ4n) is 2.39. The van der Waals surface area contributed by atoms with Crippen LogP contribution in [0, 0.1) is 29.1 Å². The summed E-state index contributed by atoms with van der Waals surface area (Å²) >= 11 is 0. The highest BCUT2D eigenvalue weighted by Gasteiger charge is 2.41. The van der Waals surface area contributed by atoms with Crippen LogP contribution >= 0.6 is 0 Å². The summed E-state index contributed by atoms with van der Waals surface area (Å²) < 4.78 is 88.3. The molecule has 0 radical (unpaired) electrons. The number of hydrogen-bond acceptors (Lipinski definition) is 4. The molecule has 1 aromatic rings. The normalized spacial score (nSPS) is 12.3. The highest BCUT2D eigenvalue weighted by Crippen LogP contribution is 2.29. The third-order valence-electron chi connectivity index (χ3n) is 3.43. The summed E-state index contributed by atoms with van der Waals surface area (Å²) in [5.41, 5.74) is 0. The van der Waals surface area contributed by atoms with Gasteiger partial charge in [0.05, 0.1) is 6.61 Å². The van der Waals surface area contributed by atoms with Gasteiger partial charge in [0.25, 0.3) is 0 Å². The highest BCUT2D eigenvalue weighted by molar-refractivity contribution is 6.60. The monoisotopic (exact) mass is 416 g/mol. The van der Waals surface area contributed by atoms with Gasteiger partial charge in [0.2, 0.25) is 29.1 Å². The van der Waals surface area contributed by atoms with E-state index < -0.39 is 43.6 Å². The highest BCUT2D eigenvalue weighted by atomic mass is 28.4. The van der Waals surface area contributed by atoms with Crippen LogP contribution in [0.3, 0.4) is 0 Å². The van der Waals surface area contributed by atoms with Crippen LogP contribution in [0.1, 0.15) is 40.5 Å². The zero-order valence-electron chi connectivity index (χ0n) is 16.0. The predicted molar refractivity (Wildman–Crippen MR) is 91.0 cm³/mol. The molecule has 0 N–H and O–H groups in total. The van der Waals surface area contributed by atoms with Crippen molar-refractivity contribution in [2.45, 2.75) is 58.8 Å². The first kappa shape index (κ1) is 23.8. The Kier molecular flexibility index (Phi) is 9.12. The zero-order valence-corrected chi connectivity index (χ0v) is 17.0. The fourth-order valence-corrected chi connectivity index (χ4v) is 5.20. The van der Waals surface area contributed by atoms with E-state index in [0.717, 1.165) is 0 Å². The second kappa shape index (κ2) is 10.3. The summed E-state index contributed by atoms with van der Waals surface area (Å²) in [6.07, 6.45) is 0.482. The molecule has 156 valence electrons. The van der Waals surface area contributed by atoms with Crippen LogP contribution < -0.4 is 4.74 Å². The summed E-state index contributed by atoms with van der Waals surface area (Å²) in [5.74, 6) is -11.5. The first-order valence-corrected chi connectivity index (χ1v) is 10.5. The molecule has 0 saturated carbocycles. The van der Waals surface area contributed by atoms with Crippen molar-refractivity contribution in [3.8, 4) is 5.75 Å². The molecule has 0 aromatic heterocycles. The minimum atomic E-state index is -2.95. The minimum Gasteiger partial charge on any atom is -0.487 e. The van der Waals surface area contributed by atoms with Crippen LogP contribution in [0.2, 0.25) is 6.04 Å². The molecular formula is C17H25F5O4Si. The average Bonchev–Trinajstić information content (AvgIpc) is 2.59. The van der Waals surface area contributed by atoms with Crippen LogP contribution in [-0.2, 0) is 13.3 Å². The molecule has 4 nitrogen and oxygen atoms in total. The van der Waals surface area contributed by atoms with Crippen LogP contribution in [-0.4, -0.2) is 34.7 Å². The molecule has 1 aromatic carbocycles. The molecule has 10 heteroatoms. The number of rotatable bonds is 11. The zero-order chi connectivity index (χ0) is 20.8. The van der Waals surface area contributed by atoms with Crippen molar-refractivity contribution in [3.05, 3.63) is 29.1 Å². The minimum absolute atomic E-state index is 0.125. The van der Waals surface area contributed by atoms with Gasteiger partial charge < -0.3 is 18.0 Å². The molecule has 0 aliphatic carbocycles. The quantitative estimate of drug-likeness (QED) is 0.168. The Labute approximate surface area is 156 Å². The molecule has 0 aliphatic rings. The lowest BCUT2D eigenvalue weighted by Gasteiger charge is -2.31. The second-order valence-corrected chi connectivity index (χ2v) is 9.17. The maximum Gasteiger partial charge on any atom is 0.501 e. The van der Waals surface area contributed by atoms with Crippen LogP contribution in [0.15, 0.2) is 0 Å². The number of unbranched alkanes of at least 4 members (excludes halogenated alkanes) is 1. The van der Waals surface area contributed by atoms with Crippen molar-refractivity contribution in [1.82, 2.24) is 0 Å². The van der Waals surface area contributed by atoms with Crippen molar-refractivity contribution in [2.75, 3.05) is 13.7 Å². The van der Waals surface area contributed by atoms with Gasteiger partial charge in [-0.1, -0.05) is 0 Å². The summed E-state index contributed by atoms with van der Waals surface area (Å²) in [7, 11) is -1.46. The summed E-state index contributed by atoms with van der Waals surface area (Å²) in [6, 6.07) is 0.417. The molecule has 0 bridgehead atoms. The van der Waals surface area contributed by atoms with E-state index >= 15 is 0 Å². The predicted octanol–water partition coefficient (Wildman–Crippen LogP) is 4.98. The Morgan fingerprint density at radius 2 is 1.19 bits per heavy atom. The van der Waals surface area contributed by atoms with Gasteiger partial charge in [0.1, 0.15) is 0 Å². The molecule has 0 aliphatic heterocycles. The Balaban J connectivity index is 2.68. The molecule has 0 spiro atoms. The average molecular weight is 416 g/mol. The molecule has 0 amide bonds. The molecule has 0 unspecified atom stereocenters. The Morgan fingerprint density at radius 3 is 1.59 bits per heavy atom. The second-order valence-electron chi connectivity index (χ2n) is 6.42. The van der Waals surface area contributed by atoms with Crippen molar-refractivity contribution < 1.29 is 40.0 Å².